The van der Waals surface area contributed by atoms with Crippen LogP contribution < -0.4 is 10.1 Å². The lowest BCUT2D eigenvalue weighted by Crippen LogP contribution is -2.53. The van der Waals surface area contributed by atoms with Crippen LogP contribution in [0.3, 0.4) is 0 Å². The fourth-order valence-corrected chi connectivity index (χ4v) is 3.71. The van der Waals surface area contributed by atoms with Gasteiger partial charge in [-0.1, -0.05) is 48.5 Å². The van der Waals surface area contributed by atoms with Crippen molar-refractivity contribution in [1.82, 2.24) is 15.1 Å². The summed E-state index contributed by atoms with van der Waals surface area (Å²) in [4.78, 5) is 28.9. The van der Waals surface area contributed by atoms with Crippen LogP contribution in [0, 0.1) is 0 Å². The van der Waals surface area contributed by atoms with Crippen LogP contribution in [0.1, 0.15) is 11.1 Å². The number of hydrogen-bond acceptors (Lipinski definition) is 4. The van der Waals surface area contributed by atoms with Gasteiger partial charge in [0, 0.05) is 39.1 Å². The average molecular weight is 379 g/mol. The van der Waals surface area contributed by atoms with Crippen molar-refractivity contribution >= 4 is 11.8 Å². The van der Waals surface area contributed by atoms with E-state index in [1.165, 1.54) is 0 Å². The molecule has 6 nitrogen and oxygen atoms in total. The lowest BCUT2D eigenvalue weighted by Gasteiger charge is -2.35. The molecule has 2 aromatic rings. The van der Waals surface area contributed by atoms with E-state index in [0.717, 1.165) is 16.9 Å². The lowest BCUT2D eigenvalue weighted by atomic mass is 10.1. The third-order valence-corrected chi connectivity index (χ3v) is 5.31. The molecule has 6 heteroatoms. The minimum atomic E-state index is -0.418. The molecule has 0 aromatic heterocycles. The van der Waals surface area contributed by atoms with Gasteiger partial charge in [0.2, 0.25) is 5.91 Å². The molecule has 1 atom stereocenters. The van der Waals surface area contributed by atoms with E-state index in [-0.39, 0.29) is 11.8 Å². The number of hydrogen-bond donors (Lipinski definition) is 1. The van der Waals surface area contributed by atoms with Crippen LogP contribution >= 0.6 is 0 Å². The maximum absolute atomic E-state index is 12.8. The summed E-state index contributed by atoms with van der Waals surface area (Å²) in [5.74, 6) is 0.872. The van der Waals surface area contributed by atoms with E-state index in [0.29, 0.717) is 45.7 Å². The molecule has 4 rings (SSSR count). The zero-order chi connectivity index (χ0) is 19.3. The highest BCUT2D eigenvalue weighted by atomic mass is 16.5. The highest BCUT2D eigenvalue weighted by molar-refractivity contribution is 5.83. The van der Waals surface area contributed by atoms with Gasteiger partial charge in [0.25, 0.3) is 5.91 Å². The van der Waals surface area contributed by atoms with Crippen molar-refractivity contribution in [2.45, 2.75) is 19.1 Å². The van der Waals surface area contributed by atoms with E-state index in [1.807, 2.05) is 59.5 Å². The number of carbonyl (C=O) groups excluding carboxylic acids is 2. The average Bonchev–Trinajstić information content (AvgIpc) is 3.17. The van der Waals surface area contributed by atoms with E-state index in [2.05, 4.69) is 10.2 Å². The molecule has 1 saturated heterocycles. The number of amides is 2. The van der Waals surface area contributed by atoms with Gasteiger partial charge in [0.1, 0.15) is 5.75 Å². The molecule has 2 amide bonds. The molecule has 0 radical (unpaired) electrons. The Morgan fingerprint density at radius 1 is 0.964 bits per heavy atom. The van der Waals surface area contributed by atoms with Crippen LogP contribution in [0.15, 0.2) is 54.6 Å². The van der Waals surface area contributed by atoms with Gasteiger partial charge in [-0.2, -0.15) is 0 Å². The summed E-state index contributed by atoms with van der Waals surface area (Å²) in [5.41, 5.74) is 2.18. The highest BCUT2D eigenvalue weighted by Crippen LogP contribution is 2.29. The molecule has 2 aliphatic heterocycles. The molecule has 2 aromatic carbocycles. The molecule has 0 bridgehead atoms. The topological polar surface area (TPSA) is 61.9 Å². The smallest absolute Gasteiger partial charge is 0.264 e. The van der Waals surface area contributed by atoms with Crippen molar-refractivity contribution in [2.24, 2.45) is 0 Å². The predicted molar refractivity (Wildman–Crippen MR) is 106 cm³/mol. The SMILES string of the molecule is O=C(CN1CCN(C(=O)C2Cc3ccccc3O2)CC1)NCc1ccccc1. The summed E-state index contributed by atoms with van der Waals surface area (Å²) >= 11 is 0. The number of ether oxygens (including phenoxy) is 1. The minimum Gasteiger partial charge on any atom is -0.480 e. The van der Waals surface area contributed by atoms with Crippen LogP contribution in [0.5, 0.6) is 5.75 Å². The summed E-state index contributed by atoms with van der Waals surface area (Å²) in [6.07, 6.45) is 0.218. The monoisotopic (exact) mass is 379 g/mol. The number of piperazine rings is 1. The normalized spacial score (nSPS) is 19.0. The molecule has 0 aliphatic carbocycles. The largest absolute Gasteiger partial charge is 0.480 e. The van der Waals surface area contributed by atoms with Gasteiger partial charge in [-0.05, 0) is 17.2 Å². The van der Waals surface area contributed by atoms with Crippen LogP contribution in [-0.4, -0.2) is 60.4 Å². The highest BCUT2D eigenvalue weighted by Gasteiger charge is 2.33. The number of nitrogens with one attached hydrogen (secondary N) is 1. The number of benzene rings is 2. The van der Waals surface area contributed by atoms with Crippen LogP contribution in [0.25, 0.3) is 0 Å². The Morgan fingerprint density at radius 2 is 1.68 bits per heavy atom. The summed E-state index contributed by atoms with van der Waals surface area (Å²) < 4.78 is 5.82. The third kappa shape index (κ3) is 4.34. The van der Waals surface area contributed by atoms with E-state index >= 15 is 0 Å². The zero-order valence-corrected chi connectivity index (χ0v) is 15.8. The van der Waals surface area contributed by atoms with Crippen molar-refractivity contribution in [3.05, 3.63) is 65.7 Å². The molecular weight excluding hydrogens is 354 g/mol. The Bertz CT molecular complexity index is 807. The first-order valence-electron chi connectivity index (χ1n) is 9.75. The molecule has 1 fully saturated rings. The summed E-state index contributed by atoms with van der Waals surface area (Å²) in [6.45, 7) is 3.55. The standard InChI is InChI=1S/C22H25N3O3/c26-21(23-15-17-6-2-1-3-7-17)16-24-10-12-25(13-11-24)22(27)20-14-18-8-4-5-9-19(18)28-20/h1-9,20H,10-16H2,(H,23,26). The Hall–Kier alpha value is -2.86. The van der Waals surface area contributed by atoms with Gasteiger partial charge in [-0.3, -0.25) is 14.5 Å². The summed E-state index contributed by atoms with van der Waals surface area (Å²) in [7, 11) is 0. The Labute approximate surface area is 165 Å². The van der Waals surface area contributed by atoms with Gasteiger partial charge in [-0.15, -0.1) is 0 Å². The second-order valence-electron chi connectivity index (χ2n) is 7.28. The summed E-state index contributed by atoms with van der Waals surface area (Å²) in [5, 5.41) is 2.95. The first-order chi connectivity index (χ1) is 13.7. The van der Waals surface area contributed by atoms with E-state index in [1.54, 1.807) is 0 Å². The van der Waals surface area contributed by atoms with Crippen molar-refractivity contribution in [3.8, 4) is 5.75 Å². The molecule has 0 saturated carbocycles. The number of carbonyl (C=O) groups is 2. The quantitative estimate of drug-likeness (QED) is 0.854. The first kappa shape index (κ1) is 18.5. The molecule has 2 aliphatic rings. The second-order valence-corrected chi connectivity index (χ2v) is 7.28. The molecule has 146 valence electrons. The molecule has 0 spiro atoms. The van der Waals surface area contributed by atoms with Gasteiger partial charge < -0.3 is 15.0 Å². The van der Waals surface area contributed by atoms with Crippen LogP contribution in [0.4, 0.5) is 0 Å². The fourth-order valence-electron chi connectivity index (χ4n) is 3.71. The van der Waals surface area contributed by atoms with E-state index in [4.69, 9.17) is 4.74 Å². The van der Waals surface area contributed by atoms with E-state index in [9.17, 15) is 9.59 Å². The van der Waals surface area contributed by atoms with Crippen molar-refractivity contribution in [3.63, 3.8) is 0 Å². The Kier molecular flexibility index (Phi) is 5.58. The lowest BCUT2D eigenvalue weighted by molar-refractivity contribution is -0.139. The zero-order valence-electron chi connectivity index (χ0n) is 15.8. The summed E-state index contributed by atoms with van der Waals surface area (Å²) in [6, 6.07) is 17.7. The maximum atomic E-state index is 12.8. The maximum Gasteiger partial charge on any atom is 0.264 e. The van der Waals surface area contributed by atoms with E-state index < -0.39 is 6.10 Å². The second kappa shape index (κ2) is 8.44. The first-order valence-corrected chi connectivity index (χ1v) is 9.75. The number of rotatable bonds is 5. The number of para-hydroxylation sites is 1. The molecule has 1 N–H and O–H groups in total. The van der Waals surface area contributed by atoms with Gasteiger partial charge in [-0.25, -0.2) is 0 Å². The van der Waals surface area contributed by atoms with Gasteiger partial charge in [0.05, 0.1) is 6.54 Å². The molecule has 2 heterocycles. The fraction of sp³-hybridized carbons (Fsp3) is 0.364. The van der Waals surface area contributed by atoms with Gasteiger partial charge in [0.15, 0.2) is 6.10 Å². The van der Waals surface area contributed by atoms with Gasteiger partial charge >= 0.3 is 0 Å². The molecular formula is C22H25N3O3. The van der Waals surface area contributed by atoms with Crippen molar-refractivity contribution in [1.29, 1.82) is 0 Å². The Balaban J connectivity index is 1.20. The third-order valence-electron chi connectivity index (χ3n) is 5.31. The molecule has 1 unspecified atom stereocenters. The van der Waals surface area contributed by atoms with Crippen LogP contribution in [-0.2, 0) is 22.6 Å². The Morgan fingerprint density at radius 3 is 2.43 bits per heavy atom. The number of nitrogens with zero attached hydrogens (tertiary/aromatic N) is 2. The predicted octanol–water partition coefficient (Wildman–Crippen LogP) is 1.45. The van der Waals surface area contributed by atoms with Crippen molar-refractivity contribution in [2.75, 3.05) is 32.7 Å². The van der Waals surface area contributed by atoms with Crippen LogP contribution in [0.2, 0.25) is 0 Å². The minimum absolute atomic E-state index is 0.0122. The molecule has 28 heavy (non-hydrogen) atoms. The number of fused-ring (bicyclic) bond motifs is 1. The van der Waals surface area contributed by atoms with Crippen molar-refractivity contribution < 1.29 is 14.3 Å².